The molecule has 0 spiro atoms. The second-order valence-corrected chi connectivity index (χ2v) is 6.77. The SMILES string of the molecule is CCCC1CCCC(N)(Cc2ccc(F)cc2Cl)CC1. The zero-order valence-corrected chi connectivity index (χ0v) is 13.1. The normalized spacial score (nSPS) is 27.3. The molecule has 2 atom stereocenters. The van der Waals surface area contributed by atoms with E-state index in [1.807, 2.05) is 0 Å². The minimum Gasteiger partial charge on any atom is -0.325 e. The van der Waals surface area contributed by atoms with Gasteiger partial charge in [0.25, 0.3) is 0 Å². The van der Waals surface area contributed by atoms with Crippen LogP contribution in [0.15, 0.2) is 18.2 Å². The summed E-state index contributed by atoms with van der Waals surface area (Å²) in [6.45, 7) is 2.25. The zero-order valence-electron chi connectivity index (χ0n) is 12.3. The van der Waals surface area contributed by atoms with E-state index in [2.05, 4.69) is 6.92 Å². The van der Waals surface area contributed by atoms with E-state index >= 15 is 0 Å². The Bertz CT molecular complexity index is 449. The van der Waals surface area contributed by atoms with Crippen LogP contribution in [0, 0.1) is 11.7 Å². The molecule has 0 saturated heterocycles. The second-order valence-electron chi connectivity index (χ2n) is 6.36. The van der Waals surface area contributed by atoms with Crippen LogP contribution >= 0.6 is 11.6 Å². The number of hydrogen-bond donors (Lipinski definition) is 1. The topological polar surface area (TPSA) is 26.0 Å². The summed E-state index contributed by atoms with van der Waals surface area (Å²) in [5.74, 6) is 0.544. The first-order valence-corrected chi connectivity index (χ1v) is 8.13. The van der Waals surface area contributed by atoms with Crippen molar-refractivity contribution >= 4 is 11.6 Å². The van der Waals surface area contributed by atoms with Gasteiger partial charge in [0.05, 0.1) is 0 Å². The van der Waals surface area contributed by atoms with Gasteiger partial charge in [-0.1, -0.05) is 50.3 Å². The fourth-order valence-electron chi connectivity index (χ4n) is 3.42. The van der Waals surface area contributed by atoms with Gasteiger partial charge in [0.15, 0.2) is 0 Å². The molecule has 112 valence electrons. The highest BCUT2D eigenvalue weighted by atomic mass is 35.5. The van der Waals surface area contributed by atoms with Crippen LogP contribution in [-0.2, 0) is 6.42 Å². The summed E-state index contributed by atoms with van der Waals surface area (Å²) >= 11 is 6.13. The van der Waals surface area contributed by atoms with Crippen molar-refractivity contribution in [3.63, 3.8) is 0 Å². The summed E-state index contributed by atoms with van der Waals surface area (Å²) in [6.07, 6.45) is 9.11. The number of hydrogen-bond acceptors (Lipinski definition) is 1. The van der Waals surface area contributed by atoms with Crippen molar-refractivity contribution in [2.45, 2.75) is 63.8 Å². The molecule has 3 heteroatoms. The Hall–Kier alpha value is -0.600. The lowest BCUT2D eigenvalue weighted by molar-refractivity contribution is 0.355. The van der Waals surface area contributed by atoms with Crippen LogP contribution in [0.3, 0.4) is 0 Å². The van der Waals surface area contributed by atoms with Gasteiger partial charge in [-0.25, -0.2) is 4.39 Å². The van der Waals surface area contributed by atoms with Gasteiger partial charge in [-0.05, 0) is 49.3 Å². The molecular weight excluding hydrogens is 273 g/mol. The maximum Gasteiger partial charge on any atom is 0.124 e. The maximum absolute atomic E-state index is 13.1. The standard InChI is InChI=1S/C17H25ClFN/c1-2-4-13-5-3-9-17(20,10-8-13)12-14-6-7-15(19)11-16(14)18/h6-7,11,13H,2-5,8-10,12,20H2,1H3. The van der Waals surface area contributed by atoms with Crippen molar-refractivity contribution in [3.05, 3.63) is 34.6 Å². The predicted molar refractivity (Wildman–Crippen MR) is 83.5 cm³/mol. The molecule has 1 aliphatic rings. The molecule has 1 aromatic rings. The second kappa shape index (κ2) is 6.91. The van der Waals surface area contributed by atoms with Crippen molar-refractivity contribution in [2.24, 2.45) is 11.7 Å². The summed E-state index contributed by atoms with van der Waals surface area (Å²) in [5.41, 5.74) is 7.40. The largest absolute Gasteiger partial charge is 0.325 e. The van der Waals surface area contributed by atoms with Gasteiger partial charge in [0.1, 0.15) is 5.82 Å². The van der Waals surface area contributed by atoms with Crippen molar-refractivity contribution in [1.29, 1.82) is 0 Å². The summed E-state index contributed by atoms with van der Waals surface area (Å²) in [7, 11) is 0. The molecule has 0 radical (unpaired) electrons. The Morgan fingerprint density at radius 3 is 2.85 bits per heavy atom. The van der Waals surface area contributed by atoms with E-state index in [4.69, 9.17) is 17.3 Å². The van der Waals surface area contributed by atoms with Gasteiger partial charge in [-0.15, -0.1) is 0 Å². The number of halogens is 2. The monoisotopic (exact) mass is 297 g/mol. The molecule has 0 aromatic heterocycles. The van der Waals surface area contributed by atoms with Crippen molar-refractivity contribution in [1.82, 2.24) is 0 Å². The van der Waals surface area contributed by atoms with E-state index in [0.717, 1.165) is 30.7 Å². The Morgan fingerprint density at radius 1 is 1.35 bits per heavy atom. The van der Waals surface area contributed by atoms with E-state index in [1.54, 1.807) is 6.07 Å². The molecule has 0 bridgehead atoms. The maximum atomic E-state index is 13.1. The van der Waals surface area contributed by atoms with Crippen LogP contribution in [0.5, 0.6) is 0 Å². The molecule has 2 unspecified atom stereocenters. The molecule has 20 heavy (non-hydrogen) atoms. The summed E-state index contributed by atoms with van der Waals surface area (Å²) < 4.78 is 13.1. The van der Waals surface area contributed by atoms with Crippen LogP contribution in [0.4, 0.5) is 4.39 Å². The van der Waals surface area contributed by atoms with E-state index in [-0.39, 0.29) is 11.4 Å². The van der Waals surface area contributed by atoms with Crippen molar-refractivity contribution in [2.75, 3.05) is 0 Å². The van der Waals surface area contributed by atoms with Gasteiger partial charge in [0, 0.05) is 10.6 Å². The van der Waals surface area contributed by atoms with E-state index in [0.29, 0.717) is 5.02 Å². The summed E-state index contributed by atoms with van der Waals surface area (Å²) in [6, 6.07) is 4.64. The van der Waals surface area contributed by atoms with Crippen LogP contribution in [0.2, 0.25) is 5.02 Å². The molecule has 1 aliphatic carbocycles. The molecule has 1 aromatic carbocycles. The summed E-state index contributed by atoms with van der Waals surface area (Å²) in [5, 5.41) is 0.504. The lowest BCUT2D eigenvalue weighted by Crippen LogP contribution is -2.41. The fraction of sp³-hybridized carbons (Fsp3) is 0.647. The molecule has 1 fully saturated rings. The first kappa shape index (κ1) is 15.8. The number of rotatable bonds is 4. The van der Waals surface area contributed by atoms with Crippen LogP contribution in [-0.4, -0.2) is 5.54 Å². The third kappa shape index (κ3) is 4.20. The number of benzene rings is 1. The smallest absolute Gasteiger partial charge is 0.124 e. The lowest BCUT2D eigenvalue weighted by Gasteiger charge is -2.29. The van der Waals surface area contributed by atoms with Gasteiger partial charge >= 0.3 is 0 Å². The molecule has 0 aliphatic heterocycles. The first-order valence-electron chi connectivity index (χ1n) is 7.75. The third-order valence-corrected chi connectivity index (χ3v) is 4.94. The van der Waals surface area contributed by atoms with Crippen LogP contribution in [0.25, 0.3) is 0 Å². The highest BCUT2D eigenvalue weighted by Gasteiger charge is 2.29. The Morgan fingerprint density at radius 2 is 2.15 bits per heavy atom. The zero-order chi connectivity index (χ0) is 14.6. The molecule has 1 saturated carbocycles. The third-order valence-electron chi connectivity index (χ3n) is 4.59. The number of nitrogens with two attached hydrogens (primary N) is 1. The minimum absolute atomic E-state index is 0.177. The Labute approximate surface area is 126 Å². The average Bonchev–Trinajstić information content (AvgIpc) is 2.57. The van der Waals surface area contributed by atoms with Gasteiger partial charge < -0.3 is 5.73 Å². The predicted octanol–water partition coefficient (Wildman–Crippen LogP) is 5.10. The molecule has 0 heterocycles. The highest BCUT2D eigenvalue weighted by Crippen LogP contribution is 2.34. The van der Waals surface area contributed by atoms with Gasteiger partial charge in [0.2, 0.25) is 0 Å². The van der Waals surface area contributed by atoms with Crippen molar-refractivity contribution < 1.29 is 4.39 Å². The first-order chi connectivity index (χ1) is 9.52. The Kier molecular flexibility index (Phi) is 5.45. The Balaban J connectivity index is 2.03. The molecule has 0 amide bonds. The quantitative estimate of drug-likeness (QED) is 0.769. The molecular formula is C17H25ClFN. The average molecular weight is 298 g/mol. The highest BCUT2D eigenvalue weighted by molar-refractivity contribution is 6.31. The summed E-state index contributed by atoms with van der Waals surface area (Å²) in [4.78, 5) is 0. The molecule has 1 nitrogen and oxygen atoms in total. The van der Waals surface area contributed by atoms with Gasteiger partial charge in [-0.3, -0.25) is 0 Å². The molecule has 2 N–H and O–H groups in total. The van der Waals surface area contributed by atoms with Gasteiger partial charge in [-0.2, -0.15) is 0 Å². The van der Waals surface area contributed by atoms with Crippen LogP contribution in [0.1, 0.15) is 57.4 Å². The molecule has 2 rings (SSSR count). The lowest BCUT2D eigenvalue weighted by atomic mass is 9.84. The minimum atomic E-state index is -0.284. The van der Waals surface area contributed by atoms with E-state index in [1.165, 1.54) is 44.2 Å². The van der Waals surface area contributed by atoms with Crippen LogP contribution < -0.4 is 5.73 Å². The fourth-order valence-corrected chi connectivity index (χ4v) is 3.66. The van der Waals surface area contributed by atoms with Crippen molar-refractivity contribution in [3.8, 4) is 0 Å². The van der Waals surface area contributed by atoms with E-state index in [9.17, 15) is 4.39 Å². The van der Waals surface area contributed by atoms with E-state index < -0.39 is 0 Å².